The molecule has 0 aliphatic carbocycles. The van der Waals surface area contributed by atoms with Crippen LogP contribution in [0.15, 0.2) is 78.2 Å². The number of pyridine rings is 1. The topological polar surface area (TPSA) is 89.9 Å². The Morgan fingerprint density at radius 3 is 2.54 bits per heavy atom. The number of ether oxygens (including phenoxy) is 2. The van der Waals surface area contributed by atoms with Gasteiger partial charge in [-0.3, -0.25) is 9.78 Å². The van der Waals surface area contributed by atoms with Crippen molar-refractivity contribution in [3.63, 3.8) is 0 Å². The summed E-state index contributed by atoms with van der Waals surface area (Å²) in [5.74, 6) is 0.166. The van der Waals surface area contributed by atoms with E-state index in [1.54, 1.807) is 74.0 Å². The third kappa shape index (κ3) is 5.01. The molecule has 3 rings (SSSR count). The van der Waals surface area contributed by atoms with Gasteiger partial charge >= 0.3 is 5.97 Å². The van der Waals surface area contributed by atoms with Crippen molar-refractivity contribution in [2.24, 2.45) is 5.10 Å². The summed E-state index contributed by atoms with van der Waals surface area (Å²) in [5.41, 5.74) is 3.88. The van der Waals surface area contributed by atoms with Gasteiger partial charge in [-0.05, 0) is 54.1 Å². The predicted molar refractivity (Wildman–Crippen MR) is 104 cm³/mol. The van der Waals surface area contributed by atoms with E-state index in [2.05, 4.69) is 15.5 Å². The van der Waals surface area contributed by atoms with Gasteiger partial charge in [0.25, 0.3) is 5.91 Å². The summed E-state index contributed by atoms with van der Waals surface area (Å²) in [7, 11) is 1.56. The smallest absolute Gasteiger partial charge is 0.343 e. The number of rotatable bonds is 6. The molecule has 2 aromatic carbocycles. The second kappa shape index (κ2) is 9.09. The first kappa shape index (κ1) is 18.8. The Morgan fingerprint density at radius 1 is 1.00 bits per heavy atom. The maximum absolute atomic E-state index is 12.2. The molecule has 0 saturated carbocycles. The molecule has 0 fully saturated rings. The summed E-state index contributed by atoms with van der Waals surface area (Å²) in [6, 6.07) is 16.7. The van der Waals surface area contributed by atoms with Crippen molar-refractivity contribution in [3.8, 4) is 11.5 Å². The molecule has 0 spiro atoms. The maximum Gasteiger partial charge on any atom is 0.343 e. The fourth-order valence-corrected chi connectivity index (χ4v) is 2.28. The highest BCUT2D eigenvalue weighted by atomic mass is 16.5. The zero-order valence-corrected chi connectivity index (χ0v) is 15.0. The summed E-state index contributed by atoms with van der Waals surface area (Å²) in [6.45, 7) is 0. The van der Waals surface area contributed by atoms with Crippen LogP contribution in [-0.2, 0) is 0 Å². The fourth-order valence-electron chi connectivity index (χ4n) is 2.28. The van der Waals surface area contributed by atoms with Crippen LogP contribution in [0.1, 0.15) is 26.3 Å². The molecule has 28 heavy (non-hydrogen) atoms. The van der Waals surface area contributed by atoms with Gasteiger partial charge in [-0.2, -0.15) is 5.10 Å². The molecule has 1 amide bonds. The second-order valence-corrected chi connectivity index (χ2v) is 5.63. The second-order valence-electron chi connectivity index (χ2n) is 5.63. The predicted octanol–water partition coefficient (Wildman–Crippen LogP) is 3.07. The molecule has 140 valence electrons. The van der Waals surface area contributed by atoms with Crippen LogP contribution >= 0.6 is 0 Å². The first-order valence-electron chi connectivity index (χ1n) is 8.35. The van der Waals surface area contributed by atoms with Gasteiger partial charge < -0.3 is 9.47 Å². The first-order valence-corrected chi connectivity index (χ1v) is 8.35. The number of hydrogen-bond acceptors (Lipinski definition) is 6. The van der Waals surface area contributed by atoms with Crippen molar-refractivity contribution in [1.29, 1.82) is 0 Å². The Kier molecular flexibility index (Phi) is 6.10. The number of esters is 1. The van der Waals surface area contributed by atoms with Gasteiger partial charge in [0.05, 0.1) is 24.5 Å². The van der Waals surface area contributed by atoms with Crippen molar-refractivity contribution in [3.05, 3.63) is 89.7 Å². The van der Waals surface area contributed by atoms with Crippen LogP contribution in [-0.4, -0.2) is 30.2 Å². The number of methoxy groups -OCH3 is 1. The number of amides is 1. The SMILES string of the molecule is COc1ccc(C(=O)Oc2cccc(/C=N/NC(=O)c3cccnc3)c2)cc1. The van der Waals surface area contributed by atoms with E-state index < -0.39 is 5.97 Å². The summed E-state index contributed by atoms with van der Waals surface area (Å²) in [4.78, 5) is 28.0. The fraction of sp³-hybridized carbons (Fsp3) is 0.0476. The molecule has 1 N–H and O–H groups in total. The van der Waals surface area contributed by atoms with Gasteiger partial charge in [-0.15, -0.1) is 0 Å². The molecule has 1 aromatic heterocycles. The van der Waals surface area contributed by atoms with Crippen molar-refractivity contribution in [2.45, 2.75) is 0 Å². The van der Waals surface area contributed by atoms with E-state index >= 15 is 0 Å². The zero-order valence-electron chi connectivity index (χ0n) is 15.0. The Labute approximate surface area is 161 Å². The molecular weight excluding hydrogens is 358 g/mol. The molecule has 7 heteroatoms. The third-order valence-corrected chi connectivity index (χ3v) is 3.70. The summed E-state index contributed by atoms with van der Waals surface area (Å²) >= 11 is 0. The lowest BCUT2D eigenvalue weighted by Crippen LogP contribution is -2.17. The number of carbonyl (C=O) groups is 2. The molecule has 0 unspecified atom stereocenters. The largest absolute Gasteiger partial charge is 0.497 e. The van der Waals surface area contributed by atoms with Gasteiger partial charge in [-0.25, -0.2) is 10.2 Å². The monoisotopic (exact) mass is 375 g/mol. The van der Waals surface area contributed by atoms with Gasteiger partial charge in [0, 0.05) is 12.4 Å². The van der Waals surface area contributed by atoms with Crippen LogP contribution in [0.25, 0.3) is 0 Å². The van der Waals surface area contributed by atoms with E-state index in [0.29, 0.717) is 28.2 Å². The number of nitrogens with zero attached hydrogens (tertiary/aromatic N) is 2. The van der Waals surface area contributed by atoms with E-state index in [0.717, 1.165) is 0 Å². The Balaban J connectivity index is 1.61. The van der Waals surface area contributed by atoms with Crippen LogP contribution in [0.2, 0.25) is 0 Å². The molecule has 0 saturated heterocycles. The summed E-state index contributed by atoms with van der Waals surface area (Å²) < 4.78 is 10.4. The molecule has 0 bridgehead atoms. The van der Waals surface area contributed by atoms with Crippen molar-refractivity contribution < 1.29 is 19.1 Å². The lowest BCUT2D eigenvalue weighted by molar-refractivity contribution is 0.0734. The number of benzene rings is 2. The number of nitrogens with one attached hydrogen (secondary N) is 1. The molecule has 1 heterocycles. The van der Waals surface area contributed by atoms with Crippen LogP contribution in [0.4, 0.5) is 0 Å². The molecule has 0 radical (unpaired) electrons. The van der Waals surface area contributed by atoms with Gasteiger partial charge in [-0.1, -0.05) is 12.1 Å². The highest BCUT2D eigenvalue weighted by Gasteiger charge is 2.09. The van der Waals surface area contributed by atoms with Crippen LogP contribution in [0, 0.1) is 0 Å². The lowest BCUT2D eigenvalue weighted by atomic mass is 10.2. The molecule has 0 aliphatic rings. The van der Waals surface area contributed by atoms with Gasteiger partial charge in [0.1, 0.15) is 11.5 Å². The minimum absolute atomic E-state index is 0.364. The Hall–Kier alpha value is -4.00. The average Bonchev–Trinajstić information content (AvgIpc) is 2.74. The van der Waals surface area contributed by atoms with Crippen LogP contribution < -0.4 is 14.9 Å². The van der Waals surface area contributed by atoms with E-state index in [1.807, 2.05) is 0 Å². The van der Waals surface area contributed by atoms with Crippen molar-refractivity contribution in [1.82, 2.24) is 10.4 Å². The Morgan fingerprint density at radius 2 is 1.82 bits per heavy atom. The molecule has 0 atom stereocenters. The number of hydrazone groups is 1. The number of aromatic nitrogens is 1. The van der Waals surface area contributed by atoms with Crippen LogP contribution in [0.3, 0.4) is 0 Å². The molecule has 7 nitrogen and oxygen atoms in total. The van der Waals surface area contributed by atoms with Crippen molar-refractivity contribution in [2.75, 3.05) is 7.11 Å². The van der Waals surface area contributed by atoms with E-state index in [1.165, 1.54) is 12.4 Å². The van der Waals surface area contributed by atoms with E-state index in [9.17, 15) is 9.59 Å². The third-order valence-electron chi connectivity index (χ3n) is 3.70. The van der Waals surface area contributed by atoms with Crippen LogP contribution in [0.5, 0.6) is 11.5 Å². The highest BCUT2D eigenvalue weighted by molar-refractivity contribution is 5.94. The van der Waals surface area contributed by atoms with Gasteiger partial charge in [0.2, 0.25) is 0 Å². The average molecular weight is 375 g/mol. The first-order chi connectivity index (χ1) is 13.7. The minimum Gasteiger partial charge on any atom is -0.497 e. The quantitative estimate of drug-likeness (QED) is 0.309. The van der Waals surface area contributed by atoms with E-state index in [4.69, 9.17) is 9.47 Å². The zero-order chi connectivity index (χ0) is 19.8. The Bertz CT molecular complexity index is 986. The lowest BCUT2D eigenvalue weighted by Gasteiger charge is -2.06. The minimum atomic E-state index is -0.485. The number of carbonyl (C=O) groups excluding carboxylic acids is 2. The highest BCUT2D eigenvalue weighted by Crippen LogP contribution is 2.16. The van der Waals surface area contributed by atoms with E-state index in [-0.39, 0.29) is 5.91 Å². The molecule has 0 aliphatic heterocycles. The standard InChI is InChI=1S/C21H17N3O4/c1-27-18-9-7-16(8-10-18)21(26)28-19-6-2-4-15(12-19)13-23-24-20(25)17-5-3-11-22-14-17/h2-14H,1H3,(H,24,25)/b23-13+. The summed E-state index contributed by atoms with van der Waals surface area (Å²) in [5, 5.41) is 3.91. The molecular formula is C21H17N3O4. The van der Waals surface area contributed by atoms with Gasteiger partial charge in [0.15, 0.2) is 0 Å². The maximum atomic E-state index is 12.2. The van der Waals surface area contributed by atoms with Crippen molar-refractivity contribution >= 4 is 18.1 Å². The number of hydrogen-bond donors (Lipinski definition) is 1. The molecule has 3 aromatic rings. The summed E-state index contributed by atoms with van der Waals surface area (Å²) in [6.07, 6.45) is 4.49. The normalized spacial score (nSPS) is 10.5.